The molecule has 1 saturated heterocycles. The molecule has 1 aliphatic heterocycles. The molecule has 0 radical (unpaired) electrons. The van der Waals surface area contributed by atoms with Crippen molar-refractivity contribution in [3.05, 3.63) is 38.9 Å². The van der Waals surface area contributed by atoms with Crippen molar-refractivity contribution < 1.29 is 23.3 Å². The van der Waals surface area contributed by atoms with Crippen LogP contribution in [0.15, 0.2) is 18.2 Å². The normalized spacial score (nSPS) is 23.8. The third-order valence-corrected chi connectivity index (χ3v) is 7.40. The Kier molecular flexibility index (Phi) is 6.59. The van der Waals surface area contributed by atoms with Gasteiger partial charge in [0.1, 0.15) is 0 Å². The number of rotatable bonds is 6. The first-order valence-electron chi connectivity index (χ1n) is 11.2. The van der Waals surface area contributed by atoms with Crippen LogP contribution in [-0.4, -0.2) is 65.2 Å². The van der Waals surface area contributed by atoms with E-state index in [9.17, 15) is 28.5 Å². The van der Waals surface area contributed by atoms with Crippen molar-refractivity contribution in [2.24, 2.45) is 11.3 Å². The first-order chi connectivity index (χ1) is 15.6. The molecular formula is C22H27ClF2N4O4. The first-order valence-corrected chi connectivity index (χ1v) is 11.5. The van der Waals surface area contributed by atoms with Gasteiger partial charge in [-0.05, 0) is 36.3 Å². The van der Waals surface area contributed by atoms with Crippen LogP contribution < -0.4 is 5.32 Å². The molecular weight excluding hydrogens is 458 g/mol. The predicted molar refractivity (Wildman–Crippen MR) is 117 cm³/mol. The number of nitro groups is 1. The van der Waals surface area contributed by atoms with E-state index in [0.29, 0.717) is 57.0 Å². The maximum absolute atomic E-state index is 13.4. The molecule has 3 fully saturated rings. The largest absolute Gasteiger partial charge is 0.347 e. The first kappa shape index (κ1) is 23.8. The van der Waals surface area contributed by atoms with Gasteiger partial charge in [-0.1, -0.05) is 11.6 Å². The number of piperazine rings is 1. The fourth-order valence-electron chi connectivity index (χ4n) is 5.03. The summed E-state index contributed by atoms with van der Waals surface area (Å²) in [5, 5.41) is 14.0. The van der Waals surface area contributed by atoms with Gasteiger partial charge < -0.3 is 10.2 Å². The van der Waals surface area contributed by atoms with Gasteiger partial charge in [-0.2, -0.15) is 0 Å². The van der Waals surface area contributed by atoms with Crippen molar-refractivity contribution in [1.82, 2.24) is 15.1 Å². The van der Waals surface area contributed by atoms with Gasteiger partial charge in [0.05, 0.1) is 11.5 Å². The minimum Gasteiger partial charge on any atom is -0.347 e. The van der Waals surface area contributed by atoms with E-state index in [4.69, 9.17) is 11.6 Å². The molecule has 11 heteroatoms. The molecule has 0 bridgehead atoms. The van der Waals surface area contributed by atoms with Crippen LogP contribution >= 0.6 is 11.6 Å². The second kappa shape index (κ2) is 9.13. The number of halogens is 3. The fraction of sp³-hybridized carbons (Fsp3) is 0.636. The van der Waals surface area contributed by atoms with Crippen molar-refractivity contribution in [1.29, 1.82) is 0 Å². The summed E-state index contributed by atoms with van der Waals surface area (Å²) < 4.78 is 26.8. The Balaban J connectivity index is 1.20. The highest BCUT2D eigenvalue weighted by molar-refractivity contribution is 6.30. The molecule has 1 spiro atoms. The Morgan fingerprint density at radius 1 is 1.12 bits per heavy atom. The molecule has 1 N–H and O–H groups in total. The van der Waals surface area contributed by atoms with E-state index >= 15 is 0 Å². The summed E-state index contributed by atoms with van der Waals surface area (Å²) in [7, 11) is 0. The minimum absolute atomic E-state index is 0.0542. The summed E-state index contributed by atoms with van der Waals surface area (Å²) in [6, 6.07) is 4.50. The number of benzene rings is 1. The number of nitrogens with one attached hydrogen (secondary N) is 1. The summed E-state index contributed by atoms with van der Waals surface area (Å²) in [6.45, 7) is 2.56. The summed E-state index contributed by atoms with van der Waals surface area (Å²) >= 11 is 5.98. The highest BCUT2D eigenvalue weighted by Crippen LogP contribution is 2.63. The average Bonchev–Trinajstić information content (AvgIpc) is 3.48. The van der Waals surface area contributed by atoms with Crippen LogP contribution in [0.4, 0.5) is 14.5 Å². The smallest absolute Gasteiger partial charge is 0.271 e. The van der Waals surface area contributed by atoms with Crippen LogP contribution in [-0.2, 0) is 16.1 Å². The van der Waals surface area contributed by atoms with E-state index < -0.39 is 10.8 Å². The molecule has 2 aliphatic carbocycles. The second-order valence-corrected chi connectivity index (χ2v) is 9.86. The molecule has 1 aromatic rings. The highest BCUT2D eigenvalue weighted by atomic mass is 35.5. The fourth-order valence-corrected chi connectivity index (χ4v) is 5.28. The summed E-state index contributed by atoms with van der Waals surface area (Å²) in [4.78, 5) is 39.3. The van der Waals surface area contributed by atoms with Crippen LogP contribution in [0.25, 0.3) is 0 Å². The molecule has 2 saturated carbocycles. The molecule has 1 atom stereocenters. The molecule has 0 aromatic heterocycles. The van der Waals surface area contributed by atoms with Gasteiger partial charge in [-0.25, -0.2) is 8.78 Å². The second-order valence-electron chi connectivity index (χ2n) is 9.42. The van der Waals surface area contributed by atoms with Crippen molar-refractivity contribution in [3.63, 3.8) is 0 Å². The molecule has 1 heterocycles. The number of carbonyl (C=O) groups is 2. The van der Waals surface area contributed by atoms with E-state index in [-0.39, 0.29) is 48.2 Å². The van der Waals surface area contributed by atoms with Gasteiger partial charge in [0.25, 0.3) is 5.69 Å². The molecule has 33 heavy (non-hydrogen) atoms. The van der Waals surface area contributed by atoms with E-state index in [2.05, 4.69) is 10.2 Å². The molecule has 180 valence electrons. The molecule has 3 aliphatic rings. The van der Waals surface area contributed by atoms with Crippen LogP contribution in [0.1, 0.15) is 37.7 Å². The van der Waals surface area contributed by atoms with Crippen LogP contribution in [0.3, 0.4) is 0 Å². The number of hydrogen-bond donors (Lipinski definition) is 1. The maximum Gasteiger partial charge on any atom is 0.271 e. The van der Waals surface area contributed by atoms with Gasteiger partial charge in [0, 0.05) is 68.6 Å². The lowest BCUT2D eigenvalue weighted by Crippen LogP contribution is -2.51. The number of nitrogens with zero attached hydrogens (tertiary/aromatic N) is 3. The van der Waals surface area contributed by atoms with Gasteiger partial charge >= 0.3 is 0 Å². The molecule has 2 amide bonds. The van der Waals surface area contributed by atoms with Crippen molar-refractivity contribution in [3.8, 4) is 0 Å². The van der Waals surface area contributed by atoms with Gasteiger partial charge in [0.15, 0.2) is 0 Å². The zero-order valence-corrected chi connectivity index (χ0v) is 19.0. The quantitative estimate of drug-likeness (QED) is 0.494. The third-order valence-electron chi connectivity index (χ3n) is 7.18. The third kappa shape index (κ3) is 5.60. The van der Waals surface area contributed by atoms with Gasteiger partial charge in [0.2, 0.25) is 17.7 Å². The average molecular weight is 485 g/mol. The van der Waals surface area contributed by atoms with Gasteiger partial charge in [-0.15, -0.1) is 0 Å². The van der Waals surface area contributed by atoms with Crippen molar-refractivity contribution in [2.75, 3.05) is 32.7 Å². The number of non-ortho nitro benzene ring substituents is 1. The molecule has 8 nitrogen and oxygen atoms in total. The summed E-state index contributed by atoms with van der Waals surface area (Å²) in [6.07, 6.45) is 1.03. The number of carbonyl (C=O) groups excluding carboxylic acids is 2. The molecule has 1 aromatic carbocycles. The van der Waals surface area contributed by atoms with Crippen molar-refractivity contribution in [2.45, 2.75) is 44.6 Å². The molecule has 1 unspecified atom stereocenters. The molecule has 4 rings (SSSR count). The highest BCUT2D eigenvalue weighted by Gasteiger charge is 2.60. The van der Waals surface area contributed by atoms with Crippen LogP contribution in [0, 0.1) is 21.4 Å². The maximum atomic E-state index is 13.4. The zero-order valence-electron chi connectivity index (χ0n) is 18.2. The lowest BCUT2D eigenvalue weighted by Gasteiger charge is -2.34. The monoisotopic (exact) mass is 484 g/mol. The summed E-state index contributed by atoms with van der Waals surface area (Å²) in [5.41, 5.74) is 0.386. The van der Waals surface area contributed by atoms with Crippen molar-refractivity contribution >= 4 is 29.1 Å². The zero-order chi connectivity index (χ0) is 23.8. The number of nitro benzene ring substituents is 1. The summed E-state index contributed by atoms with van der Waals surface area (Å²) in [5.74, 6) is -3.27. The minimum atomic E-state index is -2.62. The van der Waals surface area contributed by atoms with E-state index in [1.807, 2.05) is 0 Å². The SMILES string of the molecule is O=C(NCC(=O)N1CCN(Cc2cc(Cl)cc([N+](=O)[O-])c2)CC1)C1CC12CCC(F)(F)CC2. The Hall–Kier alpha value is -2.33. The van der Waals surface area contributed by atoms with E-state index in [1.165, 1.54) is 12.1 Å². The predicted octanol–water partition coefficient (Wildman–Crippen LogP) is 3.22. The number of amides is 2. The van der Waals surface area contributed by atoms with Crippen LogP contribution in [0.2, 0.25) is 5.02 Å². The Bertz CT molecular complexity index is 942. The Morgan fingerprint density at radius 3 is 2.42 bits per heavy atom. The standard InChI is InChI=1S/C22H27ClF2N4O4/c23-16-9-15(10-17(11-16)29(32)33)14-27-5-7-28(8-6-27)19(30)13-26-20(31)18-12-21(18)1-3-22(24,25)4-2-21/h9-11,18H,1-8,12-14H2,(H,26,31). The lowest BCUT2D eigenvalue weighted by atomic mass is 9.82. The van der Waals surface area contributed by atoms with Gasteiger partial charge in [-0.3, -0.25) is 24.6 Å². The Morgan fingerprint density at radius 2 is 1.79 bits per heavy atom. The van der Waals surface area contributed by atoms with E-state index in [0.717, 1.165) is 5.56 Å². The Labute approximate surface area is 195 Å². The number of hydrogen-bond acceptors (Lipinski definition) is 5. The number of alkyl halides is 2. The lowest BCUT2D eigenvalue weighted by molar-refractivity contribution is -0.384. The van der Waals surface area contributed by atoms with E-state index in [1.54, 1.807) is 11.0 Å². The topological polar surface area (TPSA) is 95.8 Å². The van der Waals surface area contributed by atoms with Crippen LogP contribution in [0.5, 0.6) is 0 Å².